The van der Waals surface area contributed by atoms with E-state index >= 15 is 0 Å². The predicted octanol–water partition coefficient (Wildman–Crippen LogP) is 6.36. The van der Waals surface area contributed by atoms with Crippen molar-refractivity contribution in [3.05, 3.63) is 111 Å². The Kier molecular flexibility index (Phi) is 5.64. The number of thiophene rings is 1. The van der Waals surface area contributed by atoms with Crippen LogP contribution in [0.15, 0.2) is 94.8 Å². The van der Waals surface area contributed by atoms with Crippen molar-refractivity contribution >= 4 is 44.8 Å². The van der Waals surface area contributed by atoms with E-state index in [0.29, 0.717) is 5.56 Å². The molecule has 1 aromatic heterocycles. The lowest BCUT2D eigenvalue weighted by Gasteiger charge is -2.29. The summed E-state index contributed by atoms with van der Waals surface area (Å²) < 4.78 is 0.897. The summed E-state index contributed by atoms with van der Waals surface area (Å²) in [5, 5.41) is 4.95. The second-order valence-corrected chi connectivity index (χ2v) is 9.47. The van der Waals surface area contributed by atoms with E-state index < -0.39 is 0 Å². The molecule has 0 spiro atoms. The molecule has 1 N–H and O–H groups in total. The van der Waals surface area contributed by atoms with Crippen LogP contribution in [-0.4, -0.2) is 23.3 Å². The Morgan fingerprint density at radius 1 is 0.938 bits per heavy atom. The molecule has 2 amide bonds. The first-order chi connectivity index (χ1) is 15.6. The Bertz CT molecular complexity index is 1270. The van der Waals surface area contributed by atoms with Crippen LogP contribution >= 0.6 is 27.3 Å². The molecular weight excluding hydrogens is 484 g/mol. The van der Waals surface area contributed by atoms with E-state index in [4.69, 9.17) is 0 Å². The first-order valence-corrected chi connectivity index (χ1v) is 11.9. The average molecular weight is 503 g/mol. The molecule has 4 nitrogen and oxygen atoms in total. The van der Waals surface area contributed by atoms with Gasteiger partial charge < -0.3 is 10.2 Å². The predicted molar refractivity (Wildman–Crippen MR) is 132 cm³/mol. The molecule has 158 valence electrons. The van der Waals surface area contributed by atoms with Gasteiger partial charge >= 0.3 is 0 Å². The van der Waals surface area contributed by atoms with E-state index in [-0.39, 0.29) is 24.4 Å². The Balaban J connectivity index is 1.56. The lowest BCUT2D eigenvalue weighted by Crippen LogP contribution is -2.38. The van der Waals surface area contributed by atoms with Crippen molar-refractivity contribution in [2.45, 2.75) is 6.04 Å². The highest BCUT2D eigenvalue weighted by Gasteiger charge is 2.34. The standard InChI is InChI=1S/C26H19BrN2O2S/c27-20-12-13-22-21(15-20)25(23-7-4-14-32-23)29(16-24(30)28-22)26(31)19-10-8-18(9-11-19)17-5-2-1-3-6-17/h1-15,25H,16H2,(H,28,30). The highest BCUT2D eigenvalue weighted by Crippen LogP contribution is 2.39. The van der Waals surface area contributed by atoms with Crippen LogP contribution in [0.1, 0.15) is 26.8 Å². The van der Waals surface area contributed by atoms with Crippen molar-refractivity contribution in [3.8, 4) is 11.1 Å². The van der Waals surface area contributed by atoms with Gasteiger partial charge in [0.05, 0.1) is 6.04 Å². The van der Waals surface area contributed by atoms with Crippen LogP contribution in [0.2, 0.25) is 0 Å². The third-order valence-corrected chi connectivity index (χ3v) is 6.94. The zero-order valence-electron chi connectivity index (χ0n) is 17.0. The zero-order valence-corrected chi connectivity index (χ0v) is 19.4. The van der Waals surface area contributed by atoms with Gasteiger partial charge in [-0.1, -0.05) is 64.5 Å². The summed E-state index contributed by atoms with van der Waals surface area (Å²) in [5.41, 5.74) is 4.31. The number of carbonyl (C=O) groups is 2. The van der Waals surface area contributed by atoms with E-state index in [1.165, 1.54) is 0 Å². The van der Waals surface area contributed by atoms with Gasteiger partial charge in [-0.15, -0.1) is 11.3 Å². The number of fused-ring (bicyclic) bond motifs is 1. The molecule has 1 unspecified atom stereocenters. The normalized spacial score (nSPS) is 15.6. The minimum absolute atomic E-state index is 0.0197. The van der Waals surface area contributed by atoms with E-state index in [1.54, 1.807) is 16.2 Å². The lowest BCUT2D eigenvalue weighted by molar-refractivity contribution is -0.117. The Morgan fingerprint density at radius 3 is 2.41 bits per heavy atom. The quantitative estimate of drug-likeness (QED) is 0.354. The van der Waals surface area contributed by atoms with Gasteiger partial charge in [0.1, 0.15) is 6.54 Å². The van der Waals surface area contributed by atoms with E-state index in [0.717, 1.165) is 31.7 Å². The summed E-state index contributed by atoms with van der Waals surface area (Å²) in [7, 11) is 0. The maximum Gasteiger partial charge on any atom is 0.255 e. The molecule has 6 heteroatoms. The first kappa shape index (κ1) is 20.7. The molecule has 1 aliphatic rings. The molecule has 0 bridgehead atoms. The SMILES string of the molecule is O=C1CN(C(=O)c2ccc(-c3ccccc3)cc2)C(c2cccs2)c2cc(Br)ccc2N1. The molecule has 0 saturated carbocycles. The van der Waals surface area contributed by atoms with Gasteiger partial charge in [0.15, 0.2) is 0 Å². The lowest BCUT2D eigenvalue weighted by atomic mass is 10.00. The molecular formula is C26H19BrN2O2S. The fourth-order valence-corrected chi connectivity index (χ4v) is 5.26. The summed E-state index contributed by atoms with van der Waals surface area (Å²) >= 11 is 5.12. The van der Waals surface area contributed by atoms with Crippen molar-refractivity contribution in [1.29, 1.82) is 0 Å². The van der Waals surface area contributed by atoms with Crippen LogP contribution in [0.4, 0.5) is 5.69 Å². The third-order valence-electron chi connectivity index (χ3n) is 5.52. The first-order valence-electron chi connectivity index (χ1n) is 10.2. The van der Waals surface area contributed by atoms with Crippen LogP contribution in [-0.2, 0) is 4.79 Å². The van der Waals surface area contributed by atoms with Gasteiger partial charge in [0, 0.05) is 26.2 Å². The topological polar surface area (TPSA) is 49.4 Å². The van der Waals surface area contributed by atoms with Crippen molar-refractivity contribution in [2.24, 2.45) is 0 Å². The number of amides is 2. The van der Waals surface area contributed by atoms with Crippen LogP contribution in [0.25, 0.3) is 11.1 Å². The van der Waals surface area contributed by atoms with Crippen molar-refractivity contribution < 1.29 is 9.59 Å². The highest BCUT2D eigenvalue weighted by atomic mass is 79.9. The molecule has 32 heavy (non-hydrogen) atoms. The maximum absolute atomic E-state index is 13.7. The number of hydrogen-bond donors (Lipinski definition) is 1. The molecule has 5 rings (SSSR count). The minimum Gasteiger partial charge on any atom is -0.324 e. The highest BCUT2D eigenvalue weighted by molar-refractivity contribution is 9.10. The molecule has 0 fully saturated rings. The summed E-state index contributed by atoms with van der Waals surface area (Å²) in [6.07, 6.45) is 0. The molecule has 3 aromatic carbocycles. The Hall–Kier alpha value is -3.22. The molecule has 0 aliphatic carbocycles. The zero-order chi connectivity index (χ0) is 22.1. The van der Waals surface area contributed by atoms with Gasteiger partial charge in [-0.3, -0.25) is 9.59 Å². The number of nitrogens with one attached hydrogen (secondary N) is 1. The molecule has 0 radical (unpaired) electrons. The van der Waals surface area contributed by atoms with Crippen molar-refractivity contribution in [2.75, 3.05) is 11.9 Å². The number of halogens is 1. The van der Waals surface area contributed by atoms with E-state index in [9.17, 15) is 9.59 Å². The van der Waals surface area contributed by atoms with Gasteiger partial charge in [-0.05, 0) is 52.9 Å². The minimum atomic E-state index is -0.359. The fraction of sp³-hybridized carbons (Fsp3) is 0.0769. The van der Waals surface area contributed by atoms with Crippen molar-refractivity contribution in [3.63, 3.8) is 0 Å². The molecule has 0 saturated heterocycles. The monoisotopic (exact) mass is 502 g/mol. The summed E-state index contributed by atoms with van der Waals surface area (Å²) in [6, 6.07) is 27.0. The third kappa shape index (κ3) is 3.99. The summed E-state index contributed by atoms with van der Waals surface area (Å²) in [5.74, 6) is -0.382. The van der Waals surface area contributed by atoms with Crippen LogP contribution in [0.5, 0.6) is 0 Å². The van der Waals surface area contributed by atoms with Crippen molar-refractivity contribution in [1.82, 2.24) is 4.90 Å². The number of benzene rings is 3. The molecule has 2 heterocycles. The van der Waals surface area contributed by atoms with Gasteiger partial charge in [0.25, 0.3) is 5.91 Å². The number of rotatable bonds is 3. The smallest absolute Gasteiger partial charge is 0.255 e. The van der Waals surface area contributed by atoms with Gasteiger partial charge in [-0.25, -0.2) is 0 Å². The Morgan fingerprint density at radius 2 is 1.69 bits per heavy atom. The Labute approximate surface area is 198 Å². The average Bonchev–Trinajstić information content (AvgIpc) is 3.30. The number of carbonyl (C=O) groups excluding carboxylic acids is 2. The van der Waals surface area contributed by atoms with Crippen LogP contribution in [0.3, 0.4) is 0 Å². The summed E-state index contributed by atoms with van der Waals surface area (Å²) in [4.78, 5) is 29.1. The largest absolute Gasteiger partial charge is 0.324 e. The van der Waals surface area contributed by atoms with Gasteiger partial charge in [-0.2, -0.15) is 0 Å². The van der Waals surface area contributed by atoms with Crippen LogP contribution < -0.4 is 5.32 Å². The van der Waals surface area contributed by atoms with E-state index in [2.05, 4.69) is 21.2 Å². The fourth-order valence-electron chi connectivity index (χ4n) is 4.02. The summed E-state index contributed by atoms with van der Waals surface area (Å²) in [6.45, 7) is -0.0197. The number of hydrogen-bond acceptors (Lipinski definition) is 3. The molecule has 4 aromatic rings. The van der Waals surface area contributed by atoms with Gasteiger partial charge in [0.2, 0.25) is 5.91 Å². The second-order valence-electron chi connectivity index (χ2n) is 7.57. The van der Waals surface area contributed by atoms with E-state index in [1.807, 2.05) is 90.3 Å². The molecule has 1 aliphatic heterocycles. The van der Waals surface area contributed by atoms with Crippen LogP contribution in [0, 0.1) is 0 Å². The number of anilines is 1. The second kappa shape index (κ2) is 8.73. The maximum atomic E-state index is 13.7. The molecule has 1 atom stereocenters. The number of nitrogens with zero attached hydrogens (tertiary/aromatic N) is 1.